The van der Waals surface area contributed by atoms with Gasteiger partial charge in [0.2, 0.25) is 0 Å². The van der Waals surface area contributed by atoms with Gasteiger partial charge in [0.1, 0.15) is 11.8 Å². The van der Waals surface area contributed by atoms with Gasteiger partial charge in [-0.05, 0) is 41.0 Å². The molecule has 2 heterocycles. The molecule has 1 amide bonds. The summed E-state index contributed by atoms with van der Waals surface area (Å²) in [5, 5.41) is 12.0. The molecule has 0 spiro atoms. The number of hydrogen-bond donors (Lipinski definition) is 1. The summed E-state index contributed by atoms with van der Waals surface area (Å²) in [6, 6.07) is 18.8. The van der Waals surface area contributed by atoms with Crippen LogP contribution in [-0.4, -0.2) is 18.2 Å². The Morgan fingerprint density at radius 3 is 2.71 bits per heavy atom. The maximum atomic E-state index is 12.0. The van der Waals surface area contributed by atoms with Crippen LogP contribution in [0.25, 0.3) is 11.1 Å². The number of cyclic esters (lactones) is 1. The summed E-state index contributed by atoms with van der Waals surface area (Å²) in [5.41, 5.74) is 3.99. The largest absolute Gasteiger partial charge is 0.497 e. The first-order valence-corrected chi connectivity index (χ1v) is 8.74. The number of hydrogen-bond acceptors (Lipinski definition) is 5. The van der Waals surface area contributed by atoms with Crippen LogP contribution in [0.3, 0.4) is 0 Å². The van der Waals surface area contributed by atoms with Crippen LogP contribution >= 0.6 is 0 Å². The monoisotopic (exact) mass is 371 g/mol. The van der Waals surface area contributed by atoms with E-state index in [9.17, 15) is 4.79 Å². The molecule has 0 saturated carbocycles. The van der Waals surface area contributed by atoms with E-state index in [1.165, 1.54) is 6.20 Å². The molecule has 1 N–H and O–H groups in total. The molecule has 0 radical (unpaired) electrons. The van der Waals surface area contributed by atoms with E-state index in [0.29, 0.717) is 11.3 Å². The molecule has 0 unspecified atom stereocenters. The molecule has 28 heavy (non-hydrogen) atoms. The number of carbonyl (C=O) groups is 1. The van der Waals surface area contributed by atoms with Gasteiger partial charge in [-0.3, -0.25) is 4.98 Å². The first kappa shape index (κ1) is 17.6. The molecule has 0 aliphatic carbocycles. The van der Waals surface area contributed by atoms with Crippen LogP contribution in [-0.2, 0) is 4.74 Å². The standard InChI is InChI=1S/C22H17N3O3/c1-27-19-7-3-6-17(10-19)21-20(25-22(26)28-21)16-5-2-4-15(9-16)18-8-14(11-23)12-24-13-18/h2-10,12-13,20-21H,1H3,(H,25,26)/t20-,21-/m1/s1. The Kier molecular flexibility index (Phi) is 4.65. The first-order valence-electron chi connectivity index (χ1n) is 8.74. The van der Waals surface area contributed by atoms with E-state index in [0.717, 1.165) is 22.3 Å². The van der Waals surface area contributed by atoms with Crippen molar-refractivity contribution in [1.29, 1.82) is 5.26 Å². The minimum atomic E-state index is -0.471. The third-order valence-electron chi connectivity index (χ3n) is 4.68. The zero-order valence-electron chi connectivity index (χ0n) is 15.1. The number of nitriles is 1. The van der Waals surface area contributed by atoms with Crippen molar-refractivity contribution in [2.24, 2.45) is 0 Å². The van der Waals surface area contributed by atoms with E-state index in [4.69, 9.17) is 14.7 Å². The van der Waals surface area contributed by atoms with Crippen molar-refractivity contribution in [2.75, 3.05) is 7.11 Å². The number of methoxy groups -OCH3 is 1. The van der Waals surface area contributed by atoms with Gasteiger partial charge in [-0.15, -0.1) is 0 Å². The molecule has 3 aromatic rings. The predicted octanol–water partition coefficient (Wildman–Crippen LogP) is 4.15. The van der Waals surface area contributed by atoms with Crippen molar-refractivity contribution in [2.45, 2.75) is 12.1 Å². The molecule has 1 fully saturated rings. The number of benzene rings is 2. The molecular formula is C22H17N3O3. The van der Waals surface area contributed by atoms with E-state index in [2.05, 4.69) is 16.4 Å². The van der Waals surface area contributed by atoms with Crippen LogP contribution in [0.2, 0.25) is 0 Å². The fraction of sp³-hybridized carbons (Fsp3) is 0.136. The summed E-state index contributed by atoms with van der Waals surface area (Å²) in [5.74, 6) is 0.701. The Hall–Kier alpha value is -3.85. The minimum absolute atomic E-state index is 0.341. The average molecular weight is 371 g/mol. The highest BCUT2D eigenvalue weighted by Gasteiger charge is 2.36. The zero-order chi connectivity index (χ0) is 19.5. The van der Waals surface area contributed by atoms with Crippen LogP contribution in [0.5, 0.6) is 5.75 Å². The van der Waals surface area contributed by atoms with Crippen LogP contribution in [0.1, 0.15) is 28.8 Å². The summed E-state index contributed by atoms with van der Waals surface area (Å²) in [6.07, 6.45) is 2.30. The van der Waals surface area contributed by atoms with E-state index in [-0.39, 0.29) is 6.04 Å². The van der Waals surface area contributed by atoms with Gasteiger partial charge in [0.05, 0.1) is 18.7 Å². The molecule has 6 nitrogen and oxygen atoms in total. The summed E-state index contributed by atoms with van der Waals surface area (Å²) in [4.78, 5) is 16.1. The summed E-state index contributed by atoms with van der Waals surface area (Å²) in [6.45, 7) is 0. The average Bonchev–Trinajstić information content (AvgIpc) is 3.15. The first-order chi connectivity index (χ1) is 13.7. The number of amides is 1. The molecular weight excluding hydrogens is 354 g/mol. The van der Waals surface area contributed by atoms with Gasteiger partial charge in [-0.2, -0.15) is 5.26 Å². The molecule has 1 aliphatic heterocycles. The van der Waals surface area contributed by atoms with Gasteiger partial charge in [-0.1, -0.05) is 30.3 Å². The topological polar surface area (TPSA) is 84.2 Å². The Morgan fingerprint density at radius 2 is 1.89 bits per heavy atom. The number of aromatic nitrogens is 1. The van der Waals surface area contributed by atoms with Gasteiger partial charge >= 0.3 is 6.09 Å². The second-order valence-electron chi connectivity index (χ2n) is 6.42. The fourth-order valence-corrected chi connectivity index (χ4v) is 3.33. The summed E-state index contributed by atoms with van der Waals surface area (Å²) < 4.78 is 10.8. The summed E-state index contributed by atoms with van der Waals surface area (Å²) in [7, 11) is 1.60. The molecule has 6 heteroatoms. The van der Waals surface area contributed by atoms with Crippen molar-refractivity contribution in [1.82, 2.24) is 10.3 Å². The number of pyridine rings is 1. The Labute approximate surface area is 162 Å². The highest BCUT2D eigenvalue weighted by Crippen LogP contribution is 2.38. The van der Waals surface area contributed by atoms with Crippen LogP contribution in [0.15, 0.2) is 67.0 Å². The smallest absolute Gasteiger partial charge is 0.408 e. The van der Waals surface area contributed by atoms with Crippen LogP contribution in [0, 0.1) is 11.3 Å². The maximum Gasteiger partial charge on any atom is 0.408 e. The van der Waals surface area contributed by atoms with E-state index >= 15 is 0 Å². The number of nitrogens with zero attached hydrogens (tertiary/aromatic N) is 2. The van der Waals surface area contributed by atoms with Gasteiger partial charge in [0.15, 0.2) is 6.10 Å². The molecule has 1 aliphatic rings. The fourth-order valence-electron chi connectivity index (χ4n) is 3.33. The number of carbonyl (C=O) groups excluding carboxylic acids is 1. The second kappa shape index (κ2) is 7.41. The predicted molar refractivity (Wildman–Crippen MR) is 102 cm³/mol. The minimum Gasteiger partial charge on any atom is -0.497 e. The van der Waals surface area contributed by atoms with E-state index in [1.54, 1.807) is 19.4 Å². The maximum absolute atomic E-state index is 12.0. The lowest BCUT2D eigenvalue weighted by atomic mass is 9.94. The van der Waals surface area contributed by atoms with Crippen LogP contribution in [0.4, 0.5) is 4.79 Å². The van der Waals surface area contributed by atoms with E-state index in [1.807, 2.05) is 48.5 Å². The Bertz CT molecular complexity index is 1070. The van der Waals surface area contributed by atoms with Crippen molar-refractivity contribution in [3.63, 3.8) is 0 Å². The Balaban J connectivity index is 1.71. The normalized spacial score (nSPS) is 18.1. The van der Waals surface area contributed by atoms with E-state index < -0.39 is 12.2 Å². The lowest BCUT2D eigenvalue weighted by molar-refractivity contribution is 0.132. The molecule has 138 valence electrons. The van der Waals surface area contributed by atoms with Gasteiger partial charge in [-0.25, -0.2) is 4.79 Å². The van der Waals surface area contributed by atoms with Gasteiger partial charge in [0.25, 0.3) is 0 Å². The molecule has 1 aromatic heterocycles. The van der Waals surface area contributed by atoms with Crippen molar-refractivity contribution >= 4 is 6.09 Å². The quantitative estimate of drug-likeness (QED) is 0.745. The highest BCUT2D eigenvalue weighted by molar-refractivity contribution is 5.72. The van der Waals surface area contributed by atoms with Gasteiger partial charge < -0.3 is 14.8 Å². The summed E-state index contributed by atoms with van der Waals surface area (Å²) >= 11 is 0. The lowest BCUT2D eigenvalue weighted by Gasteiger charge is -2.19. The molecule has 1 saturated heterocycles. The van der Waals surface area contributed by atoms with Crippen molar-refractivity contribution in [3.05, 3.63) is 83.7 Å². The lowest BCUT2D eigenvalue weighted by Crippen LogP contribution is -2.19. The Morgan fingerprint density at radius 1 is 1.07 bits per heavy atom. The van der Waals surface area contributed by atoms with Crippen molar-refractivity contribution < 1.29 is 14.3 Å². The molecule has 2 atom stereocenters. The molecule has 0 bridgehead atoms. The number of nitrogens with one attached hydrogen (secondary N) is 1. The second-order valence-corrected chi connectivity index (χ2v) is 6.42. The number of rotatable bonds is 4. The number of ether oxygens (including phenoxy) is 2. The SMILES string of the molecule is COc1cccc([C@H]2OC(=O)N[C@@H]2c2cccc(-c3cncc(C#N)c3)c2)c1. The van der Waals surface area contributed by atoms with Crippen LogP contribution < -0.4 is 10.1 Å². The zero-order valence-corrected chi connectivity index (χ0v) is 15.1. The number of alkyl carbamates (subject to hydrolysis) is 1. The van der Waals surface area contributed by atoms with Gasteiger partial charge in [0, 0.05) is 18.0 Å². The molecule has 2 aromatic carbocycles. The van der Waals surface area contributed by atoms with Crippen molar-refractivity contribution in [3.8, 4) is 22.9 Å². The third kappa shape index (κ3) is 3.38. The third-order valence-corrected chi connectivity index (χ3v) is 4.68. The molecule has 4 rings (SSSR count). The highest BCUT2D eigenvalue weighted by atomic mass is 16.6.